The molecule has 0 aromatic rings. The molecule has 0 aliphatic carbocycles. The summed E-state index contributed by atoms with van der Waals surface area (Å²) < 4.78 is 119. The Labute approximate surface area is 385 Å². The molecule has 0 rings (SSSR count). The standard InChI is InChI=1S/3C14H30O5S.Al/c3*1-2-3-4-5-6-7-8-9-10-11-12-18-13-14-19-20(15,16)17;/h3*2-14H2,1H3,(H,15,16,17);/q;;;+3/p-3. The SMILES string of the molecule is CCCCCCCCCCCCOCCOS(=O)(=O)[O-].CCCCCCCCCCCCOCCOS(=O)(=O)[O-].CCCCCCCCCCCCOCCOS(=O)(=O)[O-].[Al+3]. The van der Waals surface area contributed by atoms with Gasteiger partial charge in [0.1, 0.15) is 0 Å². The van der Waals surface area contributed by atoms with Crippen LogP contribution in [0.15, 0.2) is 0 Å². The topological polar surface area (TPSA) is 227 Å². The molecule has 0 aromatic carbocycles. The van der Waals surface area contributed by atoms with Crippen LogP contribution in [0.5, 0.6) is 0 Å². The van der Waals surface area contributed by atoms with E-state index >= 15 is 0 Å². The van der Waals surface area contributed by atoms with Crippen molar-refractivity contribution in [3.63, 3.8) is 0 Å². The van der Waals surface area contributed by atoms with Gasteiger partial charge in [0, 0.05) is 19.8 Å². The minimum Gasteiger partial charge on any atom is -0.726 e. The fraction of sp³-hybridized carbons (Fsp3) is 1.00. The fourth-order valence-corrected chi connectivity index (χ4v) is 6.78. The van der Waals surface area contributed by atoms with Gasteiger partial charge in [-0.05, 0) is 19.3 Å². The maximum atomic E-state index is 10.1. The second kappa shape index (κ2) is 52.6. The zero-order valence-electron chi connectivity index (χ0n) is 38.5. The largest absolute Gasteiger partial charge is 3.00 e. The first kappa shape index (κ1) is 67.6. The monoisotopic (exact) mass is 955 g/mol. The molecule has 0 aromatic heterocycles. The molecule has 0 amide bonds. The van der Waals surface area contributed by atoms with Gasteiger partial charge in [0.2, 0.25) is 31.2 Å². The van der Waals surface area contributed by atoms with Crippen molar-refractivity contribution in [3.8, 4) is 0 Å². The molecule has 0 aliphatic rings. The molecule has 0 fully saturated rings. The molecule has 366 valence electrons. The van der Waals surface area contributed by atoms with E-state index in [2.05, 4.69) is 33.3 Å². The van der Waals surface area contributed by atoms with E-state index in [1.165, 1.54) is 154 Å². The molecule has 0 aliphatic heterocycles. The van der Waals surface area contributed by atoms with E-state index in [1.54, 1.807) is 0 Å². The normalized spacial score (nSPS) is 11.7. The molecule has 19 heteroatoms. The Kier molecular flexibility index (Phi) is 58.4. The Bertz CT molecular complexity index is 1020. The van der Waals surface area contributed by atoms with Crippen LogP contribution in [0.25, 0.3) is 0 Å². The summed E-state index contributed by atoms with van der Waals surface area (Å²) in [5.74, 6) is 0. The van der Waals surface area contributed by atoms with Gasteiger partial charge in [-0.15, -0.1) is 0 Å². The predicted octanol–water partition coefficient (Wildman–Crippen LogP) is 9.82. The van der Waals surface area contributed by atoms with Gasteiger partial charge >= 0.3 is 17.4 Å². The van der Waals surface area contributed by atoms with Gasteiger partial charge in [-0.1, -0.05) is 194 Å². The third kappa shape index (κ3) is 77.6. The molecular weight excluding hydrogens is 868 g/mol. The van der Waals surface area contributed by atoms with E-state index in [0.717, 1.165) is 38.5 Å². The summed E-state index contributed by atoms with van der Waals surface area (Å²) in [6.45, 7) is 8.36. The molecule has 0 radical (unpaired) electrons. The van der Waals surface area contributed by atoms with Gasteiger partial charge in [-0.25, -0.2) is 25.3 Å². The predicted molar refractivity (Wildman–Crippen MR) is 241 cm³/mol. The van der Waals surface area contributed by atoms with Crippen LogP contribution in [0.3, 0.4) is 0 Å². The van der Waals surface area contributed by atoms with E-state index in [-0.39, 0.29) is 57.0 Å². The fourth-order valence-electron chi connectivity index (χ4n) is 5.97. The first-order valence-corrected chi connectivity index (χ1v) is 27.2. The van der Waals surface area contributed by atoms with Crippen molar-refractivity contribution in [2.45, 2.75) is 213 Å². The summed E-state index contributed by atoms with van der Waals surface area (Å²) in [4.78, 5) is 0. The minimum absolute atomic E-state index is 0. The molecule has 61 heavy (non-hydrogen) atoms. The van der Waals surface area contributed by atoms with Crippen LogP contribution >= 0.6 is 0 Å². The van der Waals surface area contributed by atoms with Crippen molar-refractivity contribution in [3.05, 3.63) is 0 Å². The van der Waals surface area contributed by atoms with Crippen molar-refractivity contribution in [1.82, 2.24) is 0 Å². The van der Waals surface area contributed by atoms with Gasteiger partial charge in [-0.3, -0.25) is 12.5 Å². The van der Waals surface area contributed by atoms with Crippen LogP contribution in [-0.4, -0.2) is 116 Å². The van der Waals surface area contributed by atoms with E-state index in [9.17, 15) is 38.9 Å². The van der Waals surface area contributed by atoms with Crippen molar-refractivity contribution < 1.29 is 65.7 Å². The average Bonchev–Trinajstić information content (AvgIpc) is 3.17. The second-order valence-corrected chi connectivity index (χ2v) is 18.2. The number of ether oxygens (including phenoxy) is 3. The minimum atomic E-state index is -4.57. The molecular formula is C42H87AlO15S3. The van der Waals surface area contributed by atoms with Gasteiger partial charge in [-0.2, -0.15) is 0 Å². The van der Waals surface area contributed by atoms with Crippen molar-refractivity contribution in [2.75, 3.05) is 59.5 Å². The second-order valence-electron chi connectivity index (χ2n) is 15.1. The Morgan fingerprint density at radius 3 is 0.590 bits per heavy atom. The average molecular weight is 955 g/mol. The van der Waals surface area contributed by atoms with Gasteiger partial charge < -0.3 is 27.9 Å². The van der Waals surface area contributed by atoms with Crippen LogP contribution < -0.4 is 0 Å². The summed E-state index contributed by atoms with van der Waals surface area (Å²) in [7, 11) is -13.7. The molecule has 0 heterocycles. The number of hydrogen-bond donors (Lipinski definition) is 0. The van der Waals surface area contributed by atoms with Crippen molar-refractivity contribution >= 4 is 48.6 Å². The zero-order valence-corrected chi connectivity index (χ0v) is 42.1. The molecule has 0 bridgehead atoms. The van der Waals surface area contributed by atoms with Crippen LogP contribution in [-0.2, 0) is 58.0 Å². The summed E-state index contributed by atoms with van der Waals surface area (Å²) in [6, 6.07) is 0. The Hall–Kier alpha value is 0.0225. The smallest absolute Gasteiger partial charge is 0.726 e. The first-order valence-electron chi connectivity index (χ1n) is 23.2. The molecule has 0 N–H and O–H groups in total. The first-order chi connectivity index (χ1) is 28.7. The van der Waals surface area contributed by atoms with E-state index in [4.69, 9.17) is 14.2 Å². The molecule has 0 spiro atoms. The van der Waals surface area contributed by atoms with Crippen molar-refractivity contribution in [1.29, 1.82) is 0 Å². The number of unbranched alkanes of at least 4 members (excludes halogenated alkanes) is 27. The Balaban J connectivity index is -0.000000396. The van der Waals surface area contributed by atoms with Crippen LogP contribution in [0, 0.1) is 0 Å². The Morgan fingerprint density at radius 1 is 0.262 bits per heavy atom. The molecule has 0 unspecified atom stereocenters. The maximum absolute atomic E-state index is 10.1. The summed E-state index contributed by atoms with van der Waals surface area (Å²) in [5.41, 5.74) is 0. The van der Waals surface area contributed by atoms with E-state index in [0.29, 0.717) is 19.8 Å². The van der Waals surface area contributed by atoms with E-state index < -0.39 is 31.2 Å². The molecule has 15 nitrogen and oxygen atoms in total. The quantitative estimate of drug-likeness (QED) is 0.0239. The zero-order chi connectivity index (χ0) is 45.3. The summed E-state index contributed by atoms with van der Waals surface area (Å²) in [6.07, 6.45) is 38.0. The van der Waals surface area contributed by atoms with Crippen LogP contribution in [0.4, 0.5) is 0 Å². The molecule has 0 atom stereocenters. The third-order valence-electron chi connectivity index (χ3n) is 9.29. The maximum Gasteiger partial charge on any atom is 3.00 e. The van der Waals surface area contributed by atoms with Gasteiger partial charge in [0.25, 0.3) is 0 Å². The van der Waals surface area contributed by atoms with Gasteiger partial charge in [0.05, 0.1) is 39.6 Å². The van der Waals surface area contributed by atoms with Gasteiger partial charge in [0.15, 0.2) is 0 Å². The third-order valence-corrected chi connectivity index (χ3v) is 10.7. The van der Waals surface area contributed by atoms with Crippen molar-refractivity contribution in [2.24, 2.45) is 0 Å². The van der Waals surface area contributed by atoms with E-state index in [1.807, 2.05) is 0 Å². The van der Waals surface area contributed by atoms with Crippen LogP contribution in [0.2, 0.25) is 0 Å². The number of rotatable bonds is 45. The Morgan fingerprint density at radius 2 is 0.426 bits per heavy atom. The van der Waals surface area contributed by atoms with Crippen LogP contribution in [0.1, 0.15) is 213 Å². The number of hydrogen-bond acceptors (Lipinski definition) is 15. The summed E-state index contributed by atoms with van der Waals surface area (Å²) in [5, 5.41) is 0. The molecule has 0 saturated carbocycles. The summed E-state index contributed by atoms with van der Waals surface area (Å²) >= 11 is 0. The molecule has 0 saturated heterocycles.